The highest BCUT2D eigenvalue weighted by Crippen LogP contribution is 2.34. The van der Waals surface area contributed by atoms with Crippen LogP contribution in [0, 0.1) is 6.92 Å². The van der Waals surface area contributed by atoms with E-state index < -0.39 is 0 Å². The summed E-state index contributed by atoms with van der Waals surface area (Å²) in [6, 6.07) is 11.2. The predicted molar refractivity (Wildman–Crippen MR) is 80.5 cm³/mol. The quantitative estimate of drug-likeness (QED) is 0.893. The summed E-state index contributed by atoms with van der Waals surface area (Å²) in [5.74, 6) is 0. The molecule has 3 rings (SSSR count). The Balaban J connectivity index is 1.48. The van der Waals surface area contributed by atoms with Crippen LogP contribution in [0.5, 0.6) is 0 Å². The number of nitrogens with one attached hydrogen (secondary N) is 1. The summed E-state index contributed by atoms with van der Waals surface area (Å²) in [6.45, 7) is 3.34. The highest BCUT2D eigenvalue weighted by Gasteiger charge is 2.37. The lowest BCUT2D eigenvalue weighted by Crippen LogP contribution is -2.47. The molecule has 2 unspecified atom stereocenters. The molecule has 0 aliphatic carbocycles. The van der Waals surface area contributed by atoms with Gasteiger partial charge in [0, 0.05) is 18.1 Å². The molecule has 0 spiro atoms. The van der Waals surface area contributed by atoms with Crippen LogP contribution in [-0.4, -0.2) is 36.6 Å². The first-order valence-electron chi connectivity index (χ1n) is 7.74. The van der Waals surface area contributed by atoms with E-state index in [1.807, 2.05) is 0 Å². The molecule has 0 saturated carbocycles. The van der Waals surface area contributed by atoms with Gasteiger partial charge >= 0.3 is 0 Å². The van der Waals surface area contributed by atoms with E-state index in [0.717, 1.165) is 31.1 Å². The molecule has 1 aromatic carbocycles. The van der Waals surface area contributed by atoms with Gasteiger partial charge in [0.1, 0.15) is 0 Å². The van der Waals surface area contributed by atoms with Gasteiger partial charge in [-0.3, -0.25) is 0 Å². The van der Waals surface area contributed by atoms with Crippen molar-refractivity contribution >= 4 is 0 Å². The molecule has 2 heteroatoms. The van der Waals surface area contributed by atoms with Crippen LogP contribution in [0.4, 0.5) is 0 Å². The van der Waals surface area contributed by atoms with E-state index in [0.29, 0.717) is 0 Å². The van der Waals surface area contributed by atoms with E-state index in [9.17, 15) is 0 Å². The van der Waals surface area contributed by atoms with Crippen molar-refractivity contribution in [2.45, 2.75) is 57.2 Å². The van der Waals surface area contributed by atoms with Gasteiger partial charge in [0.25, 0.3) is 0 Å². The van der Waals surface area contributed by atoms with Crippen molar-refractivity contribution in [1.29, 1.82) is 0 Å². The highest BCUT2D eigenvalue weighted by atomic mass is 15.2. The van der Waals surface area contributed by atoms with Gasteiger partial charge in [-0.1, -0.05) is 24.3 Å². The fourth-order valence-corrected chi connectivity index (χ4v) is 3.88. The van der Waals surface area contributed by atoms with Crippen LogP contribution in [0.3, 0.4) is 0 Å². The molecule has 2 nitrogen and oxygen atoms in total. The van der Waals surface area contributed by atoms with Crippen molar-refractivity contribution in [3.63, 3.8) is 0 Å². The zero-order valence-corrected chi connectivity index (χ0v) is 12.2. The molecule has 0 aromatic heterocycles. The molecule has 0 amide bonds. The monoisotopic (exact) mass is 258 g/mol. The summed E-state index contributed by atoms with van der Waals surface area (Å²) in [6.07, 6.45) is 6.68. The molecule has 2 saturated heterocycles. The van der Waals surface area contributed by atoms with Crippen LogP contribution in [-0.2, 0) is 6.42 Å². The minimum atomic E-state index is 0.748. The Hall–Kier alpha value is -0.860. The molecule has 2 fully saturated rings. The van der Waals surface area contributed by atoms with Crippen molar-refractivity contribution in [3.05, 3.63) is 35.4 Å². The standard InChI is InChI=1S/C17H26N2/c1-13-5-3-4-6-14(13)9-10-18-15-11-16-7-8-17(12-15)19(16)2/h3-6,15-18H,7-12H2,1-2H3. The smallest absolute Gasteiger partial charge is 0.0111 e. The third-order valence-electron chi connectivity index (χ3n) is 5.19. The lowest BCUT2D eigenvalue weighted by molar-refractivity contribution is 0.149. The van der Waals surface area contributed by atoms with Crippen LogP contribution in [0.15, 0.2) is 24.3 Å². The average Bonchev–Trinajstić information content (AvgIpc) is 2.64. The number of rotatable bonds is 4. The lowest BCUT2D eigenvalue weighted by Gasteiger charge is -2.36. The molecule has 2 aliphatic heterocycles. The first kappa shape index (κ1) is 13.1. The zero-order chi connectivity index (χ0) is 13.2. The Bertz CT molecular complexity index is 415. The Labute approximate surface area is 117 Å². The summed E-state index contributed by atoms with van der Waals surface area (Å²) in [5.41, 5.74) is 2.92. The fraction of sp³-hybridized carbons (Fsp3) is 0.647. The number of hydrogen-bond donors (Lipinski definition) is 1. The second kappa shape index (κ2) is 5.64. The molecule has 0 radical (unpaired) electrons. The second-order valence-corrected chi connectivity index (χ2v) is 6.35. The molecule has 2 heterocycles. The van der Waals surface area contributed by atoms with Crippen molar-refractivity contribution < 1.29 is 0 Å². The Morgan fingerprint density at radius 1 is 1.16 bits per heavy atom. The van der Waals surface area contributed by atoms with Gasteiger partial charge in [-0.05, 0) is 63.7 Å². The van der Waals surface area contributed by atoms with Crippen LogP contribution >= 0.6 is 0 Å². The third-order valence-corrected chi connectivity index (χ3v) is 5.19. The van der Waals surface area contributed by atoms with E-state index in [-0.39, 0.29) is 0 Å². The topological polar surface area (TPSA) is 15.3 Å². The number of hydrogen-bond acceptors (Lipinski definition) is 2. The fourth-order valence-electron chi connectivity index (χ4n) is 3.88. The van der Waals surface area contributed by atoms with E-state index >= 15 is 0 Å². The molecule has 2 aliphatic rings. The normalized spacial score (nSPS) is 30.7. The van der Waals surface area contributed by atoms with E-state index in [1.165, 1.54) is 36.8 Å². The van der Waals surface area contributed by atoms with Gasteiger partial charge < -0.3 is 10.2 Å². The molecule has 19 heavy (non-hydrogen) atoms. The Morgan fingerprint density at radius 3 is 2.53 bits per heavy atom. The maximum Gasteiger partial charge on any atom is 0.0111 e. The molecule has 1 N–H and O–H groups in total. The Kier molecular flexibility index (Phi) is 3.90. The Morgan fingerprint density at radius 2 is 1.84 bits per heavy atom. The van der Waals surface area contributed by atoms with E-state index in [4.69, 9.17) is 0 Å². The van der Waals surface area contributed by atoms with Gasteiger partial charge in [0.2, 0.25) is 0 Å². The summed E-state index contributed by atoms with van der Waals surface area (Å²) in [5, 5.41) is 3.79. The first-order valence-corrected chi connectivity index (χ1v) is 7.74. The van der Waals surface area contributed by atoms with Crippen molar-refractivity contribution in [3.8, 4) is 0 Å². The van der Waals surface area contributed by atoms with E-state index in [1.54, 1.807) is 0 Å². The van der Waals surface area contributed by atoms with E-state index in [2.05, 4.69) is 48.5 Å². The molecular weight excluding hydrogens is 232 g/mol. The molecule has 2 bridgehead atoms. The maximum absolute atomic E-state index is 3.79. The lowest BCUT2D eigenvalue weighted by atomic mass is 9.97. The number of benzene rings is 1. The zero-order valence-electron chi connectivity index (χ0n) is 12.2. The first-order chi connectivity index (χ1) is 9.24. The van der Waals surface area contributed by atoms with Crippen molar-refractivity contribution in [1.82, 2.24) is 10.2 Å². The van der Waals surface area contributed by atoms with Crippen LogP contribution in [0.25, 0.3) is 0 Å². The number of aryl methyl sites for hydroxylation is 1. The molecular formula is C17H26N2. The average molecular weight is 258 g/mol. The highest BCUT2D eigenvalue weighted by molar-refractivity contribution is 5.25. The van der Waals surface area contributed by atoms with Crippen LogP contribution in [0.1, 0.15) is 36.8 Å². The maximum atomic E-state index is 3.79. The van der Waals surface area contributed by atoms with Gasteiger partial charge in [-0.25, -0.2) is 0 Å². The number of piperidine rings is 1. The van der Waals surface area contributed by atoms with Gasteiger partial charge in [0.05, 0.1) is 0 Å². The number of fused-ring (bicyclic) bond motifs is 2. The molecule has 1 aromatic rings. The minimum absolute atomic E-state index is 0.748. The van der Waals surface area contributed by atoms with Gasteiger partial charge in [-0.2, -0.15) is 0 Å². The predicted octanol–water partition coefficient (Wildman–Crippen LogP) is 2.75. The van der Waals surface area contributed by atoms with Crippen molar-refractivity contribution in [2.24, 2.45) is 0 Å². The van der Waals surface area contributed by atoms with Crippen LogP contribution < -0.4 is 5.32 Å². The summed E-state index contributed by atoms with van der Waals surface area (Å²) in [7, 11) is 2.31. The second-order valence-electron chi connectivity index (χ2n) is 6.35. The molecule has 104 valence electrons. The summed E-state index contributed by atoms with van der Waals surface area (Å²) >= 11 is 0. The SMILES string of the molecule is Cc1ccccc1CCNC1CC2CCC(C1)N2C. The van der Waals surface area contributed by atoms with Crippen molar-refractivity contribution in [2.75, 3.05) is 13.6 Å². The van der Waals surface area contributed by atoms with Gasteiger partial charge in [-0.15, -0.1) is 0 Å². The minimum Gasteiger partial charge on any atom is -0.314 e. The largest absolute Gasteiger partial charge is 0.314 e. The molecule has 2 atom stereocenters. The van der Waals surface area contributed by atoms with Crippen LogP contribution in [0.2, 0.25) is 0 Å². The summed E-state index contributed by atoms with van der Waals surface area (Å²) < 4.78 is 0. The third kappa shape index (κ3) is 2.85. The van der Waals surface area contributed by atoms with Gasteiger partial charge in [0.15, 0.2) is 0 Å². The summed E-state index contributed by atoms with van der Waals surface area (Å²) in [4.78, 5) is 2.61. The number of nitrogens with zero attached hydrogens (tertiary/aromatic N) is 1.